The van der Waals surface area contributed by atoms with Gasteiger partial charge in [0.1, 0.15) is 5.75 Å². The minimum absolute atomic E-state index is 0.0344. The molecule has 1 aliphatic rings. The Morgan fingerprint density at radius 1 is 1.24 bits per heavy atom. The lowest BCUT2D eigenvalue weighted by Crippen LogP contribution is -2.41. The first kappa shape index (κ1) is 16.9. The van der Waals surface area contributed by atoms with Crippen LogP contribution in [0.1, 0.15) is 18.4 Å². The number of nitrogens with zero attached hydrogens (tertiary/aromatic N) is 1. The Kier molecular flexibility index (Phi) is 5.25. The number of benzene rings is 2. The first-order valence-electron chi connectivity index (χ1n) is 8.08. The van der Waals surface area contributed by atoms with E-state index in [9.17, 15) is 14.7 Å². The molecule has 1 heterocycles. The summed E-state index contributed by atoms with van der Waals surface area (Å²) in [5.74, 6) is -1.59. The van der Waals surface area contributed by atoms with Crippen LogP contribution in [0.5, 0.6) is 5.75 Å². The molecule has 3 N–H and O–H groups in total. The maximum absolute atomic E-state index is 11.7. The summed E-state index contributed by atoms with van der Waals surface area (Å²) in [7, 11) is 0. The Morgan fingerprint density at radius 2 is 2.08 bits per heavy atom. The van der Waals surface area contributed by atoms with Crippen molar-refractivity contribution in [1.82, 2.24) is 10.7 Å². The topological polar surface area (TPSA) is 100 Å². The van der Waals surface area contributed by atoms with Gasteiger partial charge in [0, 0.05) is 18.7 Å². The maximum atomic E-state index is 11.7. The van der Waals surface area contributed by atoms with Crippen LogP contribution < -0.4 is 10.7 Å². The predicted molar refractivity (Wildman–Crippen MR) is 93.3 cm³/mol. The van der Waals surface area contributed by atoms with Crippen LogP contribution in [0.25, 0.3) is 10.8 Å². The van der Waals surface area contributed by atoms with E-state index in [0.29, 0.717) is 18.7 Å². The highest BCUT2D eigenvalue weighted by molar-refractivity contribution is 6.35. The Labute approximate surface area is 144 Å². The van der Waals surface area contributed by atoms with Crippen LogP contribution in [0.15, 0.2) is 41.5 Å². The minimum atomic E-state index is -0.867. The van der Waals surface area contributed by atoms with Crippen molar-refractivity contribution in [3.63, 3.8) is 0 Å². The second-order valence-corrected chi connectivity index (χ2v) is 5.76. The molecule has 7 heteroatoms. The van der Waals surface area contributed by atoms with Gasteiger partial charge in [0.2, 0.25) is 0 Å². The maximum Gasteiger partial charge on any atom is 0.329 e. The van der Waals surface area contributed by atoms with Crippen molar-refractivity contribution < 1.29 is 19.4 Å². The van der Waals surface area contributed by atoms with Crippen LogP contribution in [-0.4, -0.2) is 42.4 Å². The third kappa shape index (κ3) is 4.13. The molecule has 2 amide bonds. The van der Waals surface area contributed by atoms with Gasteiger partial charge < -0.3 is 15.2 Å². The number of nitrogens with one attached hydrogen (secondary N) is 2. The second kappa shape index (κ2) is 7.76. The molecule has 0 radical (unpaired) electrons. The Morgan fingerprint density at radius 3 is 2.88 bits per heavy atom. The van der Waals surface area contributed by atoms with Gasteiger partial charge in [-0.25, -0.2) is 5.43 Å². The average Bonchev–Trinajstić information content (AvgIpc) is 3.15. The van der Waals surface area contributed by atoms with Crippen molar-refractivity contribution in [2.75, 3.05) is 13.2 Å². The number of ether oxygens (including phenoxy) is 1. The van der Waals surface area contributed by atoms with Crippen LogP contribution in [-0.2, 0) is 14.3 Å². The van der Waals surface area contributed by atoms with Gasteiger partial charge >= 0.3 is 11.8 Å². The van der Waals surface area contributed by atoms with Gasteiger partial charge in [0.25, 0.3) is 0 Å². The number of phenolic OH excluding ortho intramolecular Hbond substituents is 1. The average molecular weight is 341 g/mol. The zero-order chi connectivity index (χ0) is 17.6. The van der Waals surface area contributed by atoms with Gasteiger partial charge in [0.15, 0.2) is 0 Å². The number of hydrazone groups is 1. The van der Waals surface area contributed by atoms with Crippen LogP contribution in [0.3, 0.4) is 0 Å². The highest BCUT2D eigenvalue weighted by Gasteiger charge is 2.19. The van der Waals surface area contributed by atoms with Crippen molar-refractivity contribution in [2.45, 2.75) is 18.9 Å². The number of rotatable bonds is 4. The van der Waals surface area contributed by atoms with Crippen molar-refractivity contribution in [2.24, 2.45) is 5.10 Å². The van der Waals surface area contributed by atoms with Crippen LogP contribution in [0, 0.1) is 0 Å². The zero-order valence-corrected chi connectivity index (χ0v) is 13.6. The number of aromatic hydroxyl groups is 1. The predicted octanol–water partition coefficient (Wildman–Crippen LogP) is 1.29. The third-order valence-corrected chi connectivity index (χ3v) is 4.03. The molecule has 7 nitrogen and oxygen atoms in total. The molecule has 2 aromatic carbocycles. The molecular formula is C18H19N3O4. The van der Waals surface area contributed by atoms with Crippen molar-refractivity contribution in [1.29, 1.82) is 0 Å². The normalized spacial score (nSPS) is 17.0. The Bertz CT molecular complexity index is 813. The standard InChI is InChI=1S/C18H19N3O4/c22-16-8-7-12-4-1-2-6-14(12)15(16)11-20-21-18(24)17(23)19-10-13-5-3-9-25-13/h1-2,4,6-8,11,13,22H,3,5,9-10H2,(H,19,23)(H,21,24)/b20-11+. The summed E-state index contributed by atoms with van der Waals surface area (Å²) < 4.78 is 5.37. The first-order chi connectivity index (χ1) is 12.1. The van der Waals surface area contributed by atoms with Crippen LogP contribution >= 0.6 is 0 Å². The summed E-state index contributed by atoms with van der Waals surface area (Å²) in [6, 6.07) is 10.8. The zero-order valence-electron chi connectivity index (χ0n) is 13.6. The van der Waals surface area contributed by atoms with Gasteiger partial charge in [-0.3, -0.25) is 9.59 Å². The molecule has 0 aromatic heterocycles. The van der Waals surface area contributed by atoms with E-state index in [1.54, 1.807) is 12.1 Å². The molecule has 1 aliphatic heterocycles. The fourth-order valence-electron chi connectivity index (χ4n) is 2.72. The van der Waals surface area contributed by atoms with Crippen LogP contribution in [0.2, 0.25) is 0 Å². The number of amides is 2. The summed E-state index contributed by atoms with van der Waals surface area (Å²) >= 11 is 0. The first-order valence-corrected chi connectivity index (χ1v) is 8.08. The highest BCUT2D eigenvalue weighted by atomic mass is 16.5. The van der Waals surface area contributed by atoms with Crippen LogP contribution in [0.4, 0.5) is 0 Å². The number of hydrogen-bond acceptors (Lipinski definition) is 5. The lowest BCUT2D eigenvalue weighted by molar-refractivity contribution is -0.139. The van der Waals surface area contributed by atoms with E-state index in [1.807, 2.05) is 24.3 Å². The molecule has 25 heavy (non-hydrogen) atoms. The van der Waals surface area contributed by atoms with E-state index in [2.05, 4.69) is 15.8 Å². The van der Waals surface area contributed by atoms with Gasteiger partial charge in [-0.2, -0.15) is 5.10 Å². The lowest BCUT2D eigenvalue weighted by atomic mass is 10.0. The lowest BCUT2D eigenvalue weighted by Gasteiger charge is -2.09. The molecule has 1 unspecified atom stereocenters. The molecular weight excluding hydrogens is 322 g/mol. The van der Waals surface area contributed by atoms with Crippen molar-refractivity contribution >= 4 is 28.8 Å². The second-order valence-electron chi connectivity index (χ2n) is 5.76. The summed E-state index contributed by atoms with van der Waals surface area (Å²) in [4.78, 5) is 23.5. The molecule has 3 rings (SSSR count). The van der Waals surface area contributed by atoms with E-state index in [4.69, 9.17) is 4.74 Å². The van der Waals surface area contributed by atoms with Gasteiger partial charge in [0.05, 0.1) is 12.3 Å². The quantitative estimate of drug-likeness (QED) is 0.443. The number of fused-ring (bicyclic) bond motifs is 1. The van der Waals surface area contributed by atoms with E-state index in [0.717, 1.165) is 23.6 Å². The summed E-state index contributed by atoms with van der Waals surface area (Å²) in [5.41, 5.74) is 2.64. The Hall–Kier alpha value is -2.93. The molecule has 0 bridgehead atoms. The Balaban J connectivity index is 1.60. The minimum Gasteiger partial charge on any atom is -0.507 e. The smallest absolute Gasteiger partial charge is 0.329 e. The number of hydrogen-bond donors (Lipinski definition) is 3. The monoisotopic (exact) mass is 341 g/mol. The third-order valence-electron chi connectivity index (χ3n) is 4.03. The number of carbonyl (C=O) groups excluding carboxylic acids is 2. The molecule has 2 aromatic rings. The van der Waals surface area contributed by atoms with Crippen molar-refractivity contribution in [3.05, 3.63) is 42.0 Å². The SMILES string of the molecule is O=C(NCC1CCCO1)C(=O)N/N=C/c1c(O)ccc2ccccc12. The molecule has 0 spiro atoms. The molecule has 130 valence electrons. The number of carbonyl (C=O) groups is 2. The van der Waals surface area contributed by atoms with Crippen molar-refractivity contribution in [3.8, 4) is 5.75 Å². The van der Waals surface area contributed by atoms with E-state index < -0.39 is 11.8 Å². The highest BCUT2D eigenvalue weighted by Crippen LogP contribution is 2.25. The molecule has 1 atom stereocenters. The molecule has 1 saturated heterocycles. The van der Waals surface area contributed by atoms with Gasteiger partial charge in [-0.1, -0.05) is 30.3 Å². The molecule has 1 fully saturated rings. The summed E-state index contributed by atoms with van der Waals surface area (Å²) in [5, 5.41) is 18.0. The van der Waals surface area contributed by atoms with Gasteiger partial charge in [-0.05, 0) is 29.7 Å². The fraction of sp³-hybridized carbons (Fsp3) is 0.278. The number of phenols is 1. The molecule has 0 aliphatic carbocycles. The van der Waals surface area contributed by atoms with Gasteiger partial charge in [-0.15, -0.1) is 0 Å². The molecule has 0 saturated carbocycles. The van der Waals surface area contributed by atoms with E-state index >= 15 is 0 Å². The fourth-order valence-corrected chi connectivity index (χ4v) is 2.72. The summed E-state index contributed by atoms with van der Waals surface area (Å²) in [6.45, 7) is 0.992. The van der Waals surface area contributed by atoms with E-state index in [-0.39, 0.29) is 11.9 Å². The summed E-state index contributed by atoms with van der Waals surface area (Å²) in [6.07, 6.45) is 3.13. The van der Waals surface area contributed by atoms with E-state index in [1.165, 1.54) is 6.21 Å². The largest absolute Gasteiger partial charge is 0.507 e.